The number of hydrogen-bond donors (Lipinski definition) is 2. The Balaban J connectivity index is 1.61. The Morgan fingerprint density at radius 2 is 1.88 bits per heavy atom. The highest BCUT2D eigenvalue weighted by atomic mass is 16.2. The van der Waals surface area contributed by atoms with Gasteiger partial charge in [-0.15, -0.1) is 0 Å². The van der Waals surface area contributed by atoms with Crippen LogP contribution in [-0.2, 0) is 9.59 Å². The number of anilines is 1. The van der Waals surface area contributed by atoms with Crippen molar-refractivity contribution < 1.29 is 14.4 Å². The summed E-state index contributed by atoms with van der Waals surface area (Å²) in [5.41, 5.74) is 1.07. The van der Waals surface area contributed by atoms with Gasteiger partial charge in [-0.2, -0.15) is 0 Å². The van der Waals surface area contributed by atoms with Crippen LogP contribution < -0.4 is 10.6 Å². The largest absolute Gasteiger partial charge is 0.344 e. The fourth-order valence-corrected chi connectivity index (χ4v) is 3.55. The van der Waals surface area contributed by atoms with Gasteiger partial charge in [-0.05, 0) is 37.5 Å². The molecule has 2 N–H and O–H groups in total. The molecule has 0 spiro atoms. The monoisotopic (exact) mass is 343 g/mol. The lowest BCUT2D eigenvalue weighted by molar-refractivity contribution is -0.128. The molecule has 1 aliphatic carbocycles. The zero-order valence-electron chi connectivity index (χ0n) is 14.6. The van der Waals surface area contributed by atoms with E-state index in [1.807, 2.05) is 0 Å². The minimum absolute atomic E-state index is 0.0323. The number of nitrogens with zero attached hydrogens (tertiary/aromatic N) is 1. The number of nitrogens with one attached hydrogen (secondary N) is 2. The van der Waals surface area contributed by atoms with E-state index in [9.17, 15) is 14.4 Å². The summed E-state index contributed by atoms with van der Waals surface area (Å²) in [6, 6.07) is 6.42. The Bertz CT molecular complexity index is 668. The topological polar surface area (TPSA) is 78.5 Å². The van der Waals surface area contributed by atoms with Gasteiger partial charge in [0, 0.05) is 30.8 Å². The summed E-state index contributed by atoms with van der Waals surface area (Å²) in [5, 5.41) is 5.70. The number of hydrogen-bond acceptors (Lipinski definition) is 3. The quantitative estimate of drug-likeness (QED) is 0.879. The van der Waals surface area contributed by atoms with Crippen LogP contribution in [0.25, 0.3) is 0 Å². The van der Waals surface area contributed by atoms with Gasteiger partial charge in [0.2, 0.25) is 11.8 Å². The molecule has 134 valence electrons. The minimum Gasteiger partial charge on any atom is -0.344 e. The number of carbonyl (C=O) groups excluding carboxylic acids is 3. The average Bonchev–Trinajstić information content (AvgIpc) is 2.94. The van der Waals surface area contributed by atoms with Crippen LogP contribution >= 0.6 is 0 Å². The van der Waals surface area contributed by atoms with Crippen molar-refractivity contribution >= 4 is 23.4 Å². The van der Waals surface area contributed by atoms with Crippen LogP contribution in [0, 0.1) is 5.92 Å². The van der Waals surface area contributed by atoms with Gasteiger partial charge < -0.3 is 15.5 Å². The molecule has 0 radical (unpaired) electrons. The van der Waals surface area contributed by atoms with Crippen LogP contribution in [-0.4, -0.2) is 42.3 Å². The summed E-state index contributed by atoms with van der Waals surface area (Å²) in [5.74, 6) is -0.250. The molecular weight excluding hydrogens is 318 g/mol. The van der Waals surface area contributed by atoms with Crippen LogP contribution in [0.3, 0.4) is 0 Å². The first-order valence-electron chi connectivity index (χ1n) is 9.01. The van der Waals surface area contributed by atoms with Gasteiger partial charge in [0.05, 0.1) is 0 Å². The molecule has 0 unspecified atom stereocenters. The maximum absolute atomic E-state index is 12.4. The lowest BCUT2D eigenvalue weighted by Crippen LogP contribution is -2.40. The van der Waals surface area contributed by atoms with Crippen molar-refractivity contribution in [1.82, 2.24) is 10.2 Å². The van der Waals surface area contributed by atoms with Gasteiger partial charge in [-0.25, -0.2) is 0 Å². The predicted octanol–water partition coefficient (Wildman–Crippen LogP) is 2.17. The third kappa shape index (κ3) is 4.18. The number of rotatable bonds is 4. The highest BCUT2D eigenvalue weighted by Gasteiger charge is 2.30. The highest BCUT2D eigenvalue weighted by molar-refractivity contribution is 6.00. The molecule has 6 nitrogen and oxygen atoms in total. The van der Waals surface area contributed by atoms with Crippen molar-refractivity contribution in [2.75, 3.05) is 18.9 Å². The highest BCUT2D eigenvalue weighted by Crippen LogP contribution is 2.25. The predicted molar refractivity (Wildman–Crippen MR) is 95.2 cm³/mol. The molecule has 1 aromatic carbocycles. The van der Waals surface area contributed by atoms with Crippen molar-refractivity contribution in [3.63, 3.8) is 0 Å². The van der Waals surface area contributed by atoms with Crippen LogP contribution in [0.15, 0.2) is 24.3 Å². The molecule has 3 amide bonds. The Morgan fingerprint density at radius 3 is 2.56 bits per heavy atom. The average molecular weight is 343 g/mol. The maximum Gasteiger partial charge on any atom is 0.252 e. The van der Waals surface area contributed by atoms with Gasteiger partial charge in [0.1, 0.15) is 6.04 Å². The first kappa shape index (κ1) is 17.5. The second-order valence-electron chi connectivity index (χ2n) is 6.98. The number of likely N-dealkylation sites (tertiary alicyclic amines) is 1. The van der Waals surface area contributed by atoms with E-state index in [0.29, 0.717) is 24.2 Å². The van der Waals surface area contributed by atoms with Crippen molar-refractivity contribution in [3.05, 3.63) is 29.8 Å². The zero-order chi connectivity index (χ0) is 17.8. The molecule has 1 aliphatic heterocycles. The van der Waals surface area contributed by atoms with E-state index >= 15 is 0 Å². The van der Waals surface area contributed by atoms with E-state index < -0.39 is 6.04 Å². The molecule has 1 saturated heterocycles. The Morgan fingerprint density at radius 1 is 1.12 bits per heavy atom. The molecule has 1 atom stereocenters. The second-order valence-corrected chi connectivity index (χ2v) is 6.98. The third-order valence-electron chi connectivity index (χ3n) is 5.10. The van der Waals surface area contributed by atoms with Crippen LogP contribution in [0.2, 0.25) is 0 Å². The van der Waals surface area contributed by atoms with Crippen molar-refractivity contribution in [2.24, 2.45) is 5.92 Å². The summed E-state index contributed by atoms with van der Waals surface area (Å²) in [6.07, 6.45) is 5.90. The Kier molecular flexibility index (Phi) is 5.36. The van der Waals surface area contributed by atoms with E-state index in [-0.39, 0.29) is 23.6 Å². The second kappa shape index (κ2) is 7.68. The maximum atomic E-state index is 12.4. The van der Waals surface area contributed by atoms with Crippen molar-refractivity contribution in [3.8, 4) is 0 Å². The zero-order valence-corrected chi connectivity index (χ0v) is 14.6. The first-order chi connectivity index (χ1) is 12.0. The summed E-state index contributed by atoms with van der Waals surface area (Å²) in [4.78, 5) is 38.3. The molecule has 0 bridgehead atoms. The molecule has 25 heavy (non-hydrogen) atoms. The summed E-state index contributed by atoms with van der Waals surface area (Å²) in [6.45, 7) is 0.654. The fraction of sp³-hybridized carbons (Fsp3) is 0.526. The minimum atomic E-state index is -0.460. The standard InChI is InChI=1S/C19H25N3O3/c1-22-11-10-16(19(22)25)21-18(24)14-8-5-9-15(12-14)20-17(23)13-6-3-2-4-7-13/h5,8-9,12-13,16H,2-4,6-7,10-11H2,1H3,(H,20,23)(H,21,24)/t16-/m1/s1. The van der Waals surface area contributed by atoms with E-state index in [4.69, 9.17) is 0 Å². The molecule has 0 aromatic heterocycles. The van der Waals surface area contributed by atoms with Gasteiger partial charge in [-0.3, -0.25) is 14.4 Å². The SMILES string of the molecule is CN1CC[C@@H](NC(=O)c2cccc(NC(=O)C3CCCCC3)c2)C1=O. The van der Waals surface area contributed by atoms with Gasteiger partial charge in [-0.1, -0.05) is 25.3 Å². The lowest BCUT2D eigenvalue weighted by atomic mass is 9.88. The molecule has 1 saturated carbocycles. The summed E-state index contributed by atoms with van der Waals surface area (Å²) in [7, 11) is 1.73. The Labute approximate surface area is 148 Å². The molecule has 3 rings (SSSR count). The number of likely N-dealkylation sites (N-methyl/N-ethyl adjacent to an activating group) is 1. The third-order valence-corrected chi connectivity index (χ3v) is 5.10. The number of amides is 3. The fourth-order valence-electron chi connectivity index (χ4n) is 3.55. The van der Waals surface area contributed by atoms with Crippen molar-refractivity contribution in [1.29, 1.82) is 0 Å². The summed E-state index contributed by atoms with van der Waals surface area (Å²) >= 11 is 0. The number of carbonyl (C=O) groups is 3. The first-order valence-corrected chi connectivity index (χ1v) is 9.01. The van der Waals surface area contributed by atoms with E-state index in [0.717, 1.165) is 25.7 Å². The number of benzene rings is 1. The molecule has 6 heteroatoms. The van der Waals surface area contributed by atoms with Crippen LogP contribution in [0.4, 0.5) is 5.69 Å². The van der Waals surface area contributed by atoms with E-state index in [1.54, 1.807) is 36.2 Å². The van der Waals surface area contributed by atoms with E-state index in [1.165, 1.54) is 6.42 Å². The molecule has 1 heterocycles. The van der Waals surface area contributed by atoms with Gasteiger partial charge >= 0.3 is 0 Å². The Hall–Kier alpha value is -2.37. The van der Waals surface area contributed by atoms with Crippen LogP contribution in [0.5, 0.6) is 0 Å². The normalized spacial score (nSPS) is 21.2. The lowest BCUT2D eigenvalue weighted by Gasteiger charge is -2.20. The molecule has 2 aliphatic rings. The summed E-state index contributed by atoms with van der Waals surface area (Å²) < 4.78 is 0. The smallest absolute Gasteiger partial charge is 0.252 e. The molecule has 2 fully saturated rings. The van der Waals surface area contributed by atoms with Crippen LogP contribution in [0.1, 0.15) is 48.9 Å². The van der Waals surface area contributed by atoms with Crippen molar-refractivity contribution in [2.45, 2.75) is 44.6 Å². The van der Waals surface area contributed by atoms with E-state index in [2.05, 4.69) is 10.6 Å². The van der Waals surface area contributed by atoms with Gasteiger partial charge in [0.25, 0.3) is 5.91 Å². The molecule has 1 aromatic rings. The molecular formula is C19H25N3O3. The van der Waals surface area contributed by atoms with Gasteiger partial charge in [0.15, 0.2) is 0 Å².